The molecular formula is C16H20BrNOS. The van der Waals surface area contributed by atoms with Crippen molar-refractivity contribution in [2.45, 2.75) is 25.8 Å². The number of halogens is 1. The van der Waals surface area contributed by atoms with Gasteiger partial charge in [-0.1, -0.05) is 12.1 Å². The second-order valence-electron chi connectivity index (χ2n) is 4.86. The normalized spacial score (nSPS) is 12.3. The van der Waals surface area contributed by atoms with Crippen LogP contribution in [0.5, 0.6) is 5.75 Å². The zero-order valence-corrected chi connectivity index (χ0v) is 14.3. The fraction of sp³-hybridized carbons (Fsp3) is 0.375. The fourth-order valence-electron chi connectivity index (χ4n) is 2.12. The van der Waals surface area contributed by atoms with Gasteiger partial charge in [0.15, 0.2) is 0 Å². The monoisotopic (exact) mass is 353 g/mol. The molecule has 0 fully saturated rings. The summed E-state index contributed by atoms with van der Waals surface area (Å²) in [6.45, 7) is 3.25. The number of benzene rings is 1. The Morgan fingerprint density at radius 1 is 1.20 bits per heavy atom. The van der Waals surface area contributed by atoms with E-state index in [0.717, 1.165) is 25.1 Å². The lowest BCUT2D eigenvalue weighted by Crippen LogP contribution is -2.29. The average molecular weight is 354 g/mol. The summed E-state index contributed by atoms with van der Waals surface area (Å²) in [7, 11) is 1.70. The maximum Gasteiger partial charge on any atom is 0.118 e. The Kier molecular flexibility index (Phi) is 6.07. The Balaban J connectivity index is 1.72. The van der Waals surface area contributed by atoms with Crippen molar-refractivity contribution < 1.29 is 4.74 Å². The smallest absolute Gasteiger partial charge is 0.118 e. The van der Waals surface area contributed by atoms with E-state index in [4.69, 9.17) is 4.74 Å². The second kappa shape index (κ2) is 7.81. The molecule has 108 valence electrons. The standard InChI is InChI=1S/C16H20BrNOS/c1-12(11-13-3-5-14(19-2)6-4-13)18-10-9-15-7-8-16(17)20-15/h3-8,12,18H,9-11H2,1-2H3. The summed E-state index contributed by atoms with van der Waals surface area (Å²) in [5.41, 5.74) is 1.34. The first kappa shape index (κ1) is 15.5. The number of ether oxygens (including phenoxy) is 1. The van der Waals surface area contributed by atoms with Crippen LogP contribution in [0.3, 0.4) is 0 Å². The molecule has 0 aliphatic rings. The van der Waals surface area contributed by atoms with Gasteiger partial charge in [0.05, 0.1) is 10.9 Å². The second-order valence-corrected chi connectivity index (χ2v) is 7.41. The largest absolute Gasteiger partial charge is 0.497 e. The Hall–Kier alpha value is -0.840. The zero-order chi connectivity index (χ0) is 14.4. The molecule has 0 saturated carbocycles. The lowest BCUT2D eigenvalue weighted by molar-refractivity contribution is 0.414. The molecule has 0 amide bonds. The van der Waals surface area contributed by atoms with Gasteiger partial charge in [-0.25, -0.2) is 0 Å². The van der Waals surface area contributed by atoms with Crippen molar-refractivity contribution >= 4 is 27.3 Å². The van der Waals surface area contributed by atoms with E-state index >= 15 is 0 Å². The van der Waals surface area contributed by atoms with Gasteiger partial charge < -0.3 is 10.1 Å². The average Bonchev–Trinajstić information content (AvgIpc) is 2.85. The van der Waals surface area contributed by atoms with Crippen LogP contribution in [0, 0.1) is 0 Å². The van der Waals surface area contributed by atoms with E-state index in [1.54, 1.807) is 7.11 Å². The van der Waals surface area contributed by atoms with Crippen LogP contribution < -0.4 is 10.1 Å². The molecule has 0 radical (unpaired) electrons. The molecule has 2 nitrogen and oxygen atoms in total. The maximum absolute atomic E-state index is 5.17. The molecule has 4 heteroatoms. The minimum Gasteiger partial charge on any atom is -0.497 e. The third-order valence-electron chi connectivity index (χ3n) is 3.19. The Morgan fingerprint density at radius 2 is 1.95 bits per heavy atom. The highest BCUT2D eigenvalue weighted by Crippen LogP contribution is 2.22. The van der Waals surface area contributed by atoms with E-state index in [-0.39, 0.29) is 0 Å². The van der Waals surface area contributed by atoms with Crippen LogP contribution in [0.2, 0.25) is 0 Å². The lowest BCUT2D eigenvalue weighted by Gasteiger charge is -2.13. The molecule has 0 aliphatic carbocycles. The van der Waals surface area contributed by atoms with E-state index in [1.807, 2.05) is 23.5 Å². The van der Waals surface area contributed by atoms with Gasteiger partial charge in [-0.3, -0.25) is 0 Å². The molecule has 2 aromatic rings. The van der Waals surface area contributed by atoms with Gasteiger partial charge in [0.1, 0.15) is 5.75 Å². The summed E-state index contributed by atoms with van der Waals surface area (Å²) in [6, 6.07) is 13.1. The number of nitrogens with one attached hydrogen (secondary N) is 1. The quantitative estimate of drug-likeness (QED) is 0.801. The van der Waals surface area contributed by atoms with Crippen LogP contribution in [0.15, 0.2) is 40.2 Å². The van der Waals surface area contributed by atoms with E-state index in [1.165, 1.54) is 14.2 Å². The van der Waals surface area contributed by atoms with Gasteiger partial charge >= 0.3 is 0 Å². The zero-order valence-electron chi connectivity index (χ0n) is 11.9. The van der Waals surface area contributed by atoms with Crippen LogP contribution in [-0.2, 0) is 12.8 Å². The third kappa shape index (κ3) is 4.93. The SMILES string of the molecule is COc1ccc(CC(C)NCCc2ccc(Br)s2)cc1. The molecule has 1 unspecified atom stereocenters. The number of rotatable bonds is 7. The van der Waals surface area contributed by atoms with Crippen molar-refractivity contribution in [2.24, 2.45) is 0 Å². The van der Waals surface area contributed by atoms with Crippen molar-refractivity contribution in [3.8, 4) is 5.75 Å². The van der Waals surface area contributed by atoms with E-state index in [0.29, 0.717) is 6.04 Å². The van der Waals surface area contributed by atoms with Gasteiger partial charge in [-0.15, -0.1) is 11.3 Å². The Labute approximate surface area is 133 Å². The predicted octanol–water partition coefficient (Wildman–Crippen LogP) is 4.28. The molecule has 0 spiro atoms. The summed E-state index contributed by atoms with van der Waals surface area (Å²) in [5.74, 6) is 0.914. The first-order valence-electron chi connectivity index (χ1n) is 6.78. The van der Waals surface area contributed by atoms with Gasteiger partial charge in [0, 0.05) is 17.5 Å². The molecule has 0 saturated heterocycles. The van der Waals surface area contributed by atoms with Crippen molar-refractivity contribution in [1.29, 1.82) is 0 Å². The predicted molar refractivity (Wildman–Crippen MR) is 89.9 cm³/mol. The fourth-order valence-corrected chi connectivity index (χ4v) is 3.60. The minimum absolute atomic E-state index is 0.479. The number of thiophene rings is 1. The van der Waals surface area contributed by atoms with Crippen molar-refractivity contribution in [1.82, 2.24) is 5.32 Å². The lowest BCUT2D eigenvalue weighted by atomic mass is 10.1. The summed E-state index contributed by atoms with van der Waals surface area (Å²) in [6.07, 6.45) is 2.13. The van der Waals surface area contributed by atoms with Crippen molar-refractivity contribution in [3.05, 3.63) is 50.6 Å². The van der Waals surface area contributed by atoms with Crippen LogP contribution >= 0.6 is 27.3 Å². The van der Waals surface area contributed by atoms with Crippen molar-refractivity contribution in [3.63, 3.8) is 0 Å². The summed E-state index contributed by atoms with van der Waals surface area (Å²) in [4.78, 5) is 1.42. The molecule has 1 heterocycles. The van der Waals surface area contributed by atoms with Gasteiger partial charge in [-0.05, 0) is 65.5 Å². The Bertz CT molecular complexity index is 524. The van der Waals surface area contributed by atoms with Gasteiger partial charge in [0.25, 0.3) is 0 Å². The molecule has 0 aliphatic heterocycles. The first-order valence-corrected chi connectivity index (χ1v) is 8.39. The van der Waals surface area contributed by atoms with Crippen LogP contribution in [0.25, 0.3) is 0 Å². The highest BCUT2D eigenvalue weighted by Gasteiger charge is 2.04. The summed E-state index contributed by atoms with van der Waals surface area (Å²) in [5, 5.41) is 3.58. The molecule has 1 N–H and O–H groups in total. The van der Waals surface area contributed by atoms with E-state index in [2.05, 4.69) is 52.4 Å². The molecule has 2 rings (SSSR count). The van der Waals surface area contributed by atoms with Crippen molar-refractivity contribution in [2.75, 3.05) is 13.7 Å². The minimum atomic E-state index is 0.479. The number of hydrogen-bond acceptors (Lipinski definition) is 3. The van der Waals surface area contributed by atoms with Gasteiger partial charge in [0.2, 0.25) is 0 Å². The maximum atomic E-state index is 5.17. The molecular weight excluding hydrogens is 334 g/mol. The molecule has 0 bridgehead atoms. The molecule has 1 aromatic carbocycles. The highest BCUT2D eigenvalue weighted by atomic mass is 79.9. The highest BCUT2D eigenvalue weighted by molar-refractivity contribution is 9.11. The van der Waals surface area contributed by atoms with Crippen LogP contribution in [-0.4, -0.2) is 19.7 Å². The summed E-state index contributed by atoms with van der Waals surface area (Å²) < 4.78 is 6.38. The Morgan fingerprint density at radius 3 is 2.55 bits per heavy atom. The molecule has 20 heavy (non-hydrogen) atoms. The van der Waals surface area contributed by atoms with Gasteiger partial charge in [-0.2, -0.15) is 0 Å². The first-order chi connectivity index (χ1) is 9.67. The van der Waals surface area contributed by atoms with Crippen LogP contribution in [0.4, 0.5) is 0 Å². The number of methoxy groups -OCH3 is 1. The van der Waals surface area contributed by atoms with E-state index < -0.39 is 0 Å². The third-order valence-corrected chi connectivity index (χ3v) is 4.88. The summed E-state index contributed by atoms with van der Waals surface area (Å²) >= 11 is 5.31. The molecule has 1 atom stereocenters. The van der Waals surface area contributed by atoms with E-state index in [9.17, 15) is 0 Å². The topological polar surface area (TPSA) is 21.3 Å². The van der Waals surface area contributed by atoms with Crippen LogP contribution in [0.1, 0.15) is 17.4 Å². The molecule has 1 aromatic heterocycles. The number of hydrogen-bond donors (Lipinski definition) is 1.